The van der Waals surface area contributed by atoms with Crippen LogP contribution in [0.15, 0.2) is 10.4 Å². The van der Waals surface area contributed by atoms with Crippen LogP contribution in [0.2, 0.25) is 0 Å². The van der Waals surface area contributed by atoms with Gasteiger partial charge in [0.25, 0.3) is 10.0 Å². The molecule has 1 heterocycles. The SMILES string of the molecule is Cc1ncc(S(=O)(=O)N(C)CCCl)s1. The van der Waals surface area contributed by atoms with E-state index in [2.05, 4.69) is 4.98 Å². The first-order chi connectivity index (χ1) is 6.48. The van der Waals surface area contributed by atoms with Gasteiger partial charge >= 0.3 is 0 Å². The van der Waals surface area contributed by atoms with Crippen LogP contribution in [-0.4, -0.2) is 37.2 Å². The van der Waals surface area contributed by atoms with E-state index in [0.29, 0.717) is 6.54 Å². The molecule has 0 fully saturated rings. The molecule has 0 aromatic carbocycles. The molecule has 14 heavy (non-hydrogen) atoms. The Morgan fingerprint density at radius 3 is 2.71 bits per heavy atom. The molecule has 0 aliphatic carbocycles. The molecular weight excluding hydrogens is 244 g/mol. The Labute approximate surface area is 92.6 Å². The fraction of sp³-hybridized carbons (Fsp3) is 0.571. The van der Waals surface area contributed by atoms with Crippen molar-refractivity contribution in [2.24, 2.45) is 0 Å². The lowest BCUT2D eigenvalue weighted by Gasteiger charge is -2.13. The van der Waals surface area contributed by atoms with E-state index in [1.54, 1.807) is 6.92 Å². The Bertz CT molecular complexity index is 402. The molecule has 0 saturated heterocycles. The van der Waals surface area contributed by atoms with Gasteiger partial charge in [-0.25, -0.2) is 13.4 Å². The van der Waals surface area contributed by atoms with Gasteiger partial charge in [-0.15, -0.1) is 22.9 Å². The molecule has 0 atom stereocenters. The van der Waals surface area contributed by atoms with Crippen LogP contribution in [0.5, 0.6) is 0 Å². The molecule has 80 valence electrons. The highest BCUT2D eigenvalue weighted by molar-refractivity contribution is 7.91. The number of alkyl halides is 1. The van der Waals surface area contributed by atoms with Gasteiger partial charge < -0.3 is 0 Å². The van der Waals surface area contributed by atoms with Gasteiger partial charge in [-0.05, 0) is 6.92 Å². The van der Waals surface area contributed by atoms with E-state index in [4.69, 9.17) is 11.6 Å². The fourth-order valence-corrected chi connectivity index (χ4v) is 3.70. The summed E-state index contributed by atoms with van der Waals surface area (Å²) < 4.78 is 25.0. The van der Waals surface area contributed by atoms with Gasteiger partial charge in [-0.2, -0.15) is 4.31 Å². The highest BCUT2D eigenvalue weighted by Gasteiger charge is 2.22. The van der Waals surface area contributed by atoms with Crippen molar-refractivity contribution < 1.29 is 8.42 Å². The lowest BCUT2D eigenvalue weighted by molar-refractivity contribution is 0.489. The molecule has 0 unspecified atom stereocenters. The van der Waals surface area contributed by atoms with Gasteiger partial charge in [-0.1, -0.05) is 0 Å². The maximum Gasteiger partial charge on any atom is 0.253 e. The molecule has 1 aromatic rings. The van der Waals surface area contributed by atoms with Crippen LogP contribution in [0.3, 0.4) is 0 Å². The molecule has 1 rings (SSSR count). The Hall–Kier alpha value is -0.170. The van der Waals surface area contributed by atoms with E-state index < -0.39 is 10.0 Å². The summed E-state index contributed by atoms with van der Waals surface area (Å²) in [5, 5.41) is 0.739. The van der Waals surface area contributed by atoms with Crippen molar-refractivity contribution in [3.8, 4) is 0 Å². The second-order valence-corrected chi connectivity index (χ2v) is 6.60. The number of aromatic nitrogens is 1. The third kappa shape index (κ3) is 2.44. The van der Waals surface area contributed by atoms with Gasteiger partial charge in [0, 0.05) is 19.5 Å². The normalized spacial score (nSPS) is 12.3. The van der Waals surface area contributed by atoms with Crippen LogP contribution >= 0.6 is 22.9 Å². The summed E-state index contributed by atoms with van der Waals surface area (Å²) in [5.41, 5.74) is 0. The Morgan fingerprint density at radius 1 is 1.64 bits per heavy atom. The zero-order valence-electron chi connectivity index (χ0n) is 7.90. The first kappa shape index (κ1) is 11.9. The summed E-state index contributed by atoms with van der Waals surface area (Å²) >= 11 is 6.64. The first-order valence-electron chi connectivity index (χ1n) is 3.93. The van der Waals surface area contributed by atoms with Crippen molar-refractivity contribution in [2.75, 3.05) is 19.5 Å². The molecule has 1 aromatic heterocycles. The maximum absolute atomic E-state index is 11.8. The molecule has 0 N–H and O–H groups in total. The average molecular weight is 255 g/mol. The molecule has 0 aliphatic heterocycles. The minimum Gasteiger partial charge on any atom is -0.249 e. The number of nitrogens with zero attached hydrogens (tertiary/aromatic N) is 2. The number of aryl methyl sites for hydroxylation is 1. The summed E-state index contributed by atoms with van der Waals surface area (Å²) in [6.45, 7) is 2.08. The number of hydrogen-bond donors (Lipinski definition) is 0. The van der Waals surface area contributed by atoms with Crippen molar-refractivity contribution in [1.82, 2.24) is 9.29 Å². The van der Waals surface area contributed by atoms with E-state index in [-0.39, 0.29) is 10.1 Å². The summed E-state index contributed by atoms with van der Waals surface area (Å²) in [7, 11) is -1.87. The lowest BCUT2D eigenvalue weighted by Crippen LogP contribution is -2.28. The zero-order chi connectivity index (χ0) is 10.8. The third-order valence-electron chi connectivity index (χ3n) is 1.66. The van der Waals surface area contributed by atoms with E-state index in [1.165, 1.54) is 28.9 Å². The Kier molecular flexibility index (Phi) is 3.88. The second kappa shape index (κ2) is 4.57. The van der Waals surface area contributed by atoms with Crippen LogP contribution in [0.4, 0.5) is 0 Å². The minimum absolute atomic E-state index is 0.266. The Morgan fingerprint density at radius 2 is 2.29 bits per heavy atom. The molecular formula is C7H11ClN2O2S2. The van der Waals surface area contributed by atoms with Crippen LogP contribution in [0, 0.1) is 6.92 Å². The maximum atomic E-state index is 11.8. The third-order valence-corrected chi connectivity index (χ3v) is 5.04. The smallest absolute Gasteiger partial charge is 0.249 e. The largest absolute Gasteiger partial charge is 0.253 e. The molecule has 0 amide bonds. The average Bonchev–Trinajstić information content (AvgIpc) is 2.52. The van der Waals surface area contributed by atoms with Gasteiger partial charge in [0.05, 0.1) is 11.2 Å². The predicted octanol–water partition coefficient (Wildman–Crippen LogP) is 1.31. The van der Waals surface area contributed by atoms with E-state index >= 15 is 0 Å². The molecule has 0 radical (unpaired) electrons. The van der Waals surface area contributed by atoms with Gasteiger partial charge in [0.2, 0.25) is 0 Å². The summed E-state index contributed by atoms with van der Waals surface area (Å²) in [6.07, 6.45) is 1.38. The highest BCUT2D eigenvalue weighted by Crippen LogP contribution is 2.20. The predicted molar refractivity (Wildman–Crippen MR) is 57.4 cm³/mol. The zero-order valence-corrected chi connectivity index (χ0v) is 10.3. The van der Waals surface area contributed by atoms with Crippen molar-refractivity contribution in [2.45, 2.75) is 11.1 Å². The number of halogens is 1. The van der Waals surface area contributed by atoms with Crippen LogP contribution in [0.25, 0.3) is 0 Å². The Balaban J connectivity index is 2.96. The summed E-state index contributed by atoms with van der Waals surface area (Å²) in [4.78, 5) is 3.91. The van der Waals surface area contributed by atoms with Gasteiger partial charge in [0.15, 0.2) is 4.21 Å². The molecule has 0 spiro atoms. The van der Waals surface area contributed by atoms with Crippen molar-refractivity contribution >= 4 is 33.0 Å². The van der Waals surface area contributed by atoms with Crippen molar-refractivity contribution in [3.05, 3.63) is 11.2 Å². The van der Waals surface area contributed by atoms with Gasteiger partial charge in [-0.3, -0.25) is 0 Å². The summed E-state index contributed by atoms with van der Waals surface area (Å²) in [6, 6.07) is 0. The number of rotatable bonds is 4. The van der Waals surface area contributed by atoms with E-state index in [9.17, 15) is 8.42 Å². The van der Waals surface area contributed by atoms with Crippen molar-refractivity contribution in [3.63, 3.8) is 0 Å². The molecule has 0 bridgehead atoms. The molecule has 4 nitrogen and oxygen atoms in total. The fourth-order valence-electron chi connectivity index (χ4n) is 0.854. The standard InChI is InChI=1S/C7H11ClN2O2S2/c1-6-9-5-7(13-6)14(11,12)10(2)4-3-8/h5H,3-4H2,1-2H3. The number of hydrogen-bond acceptors (Lipinski definition) is 4. The quantitative estimate of drug-likeness (QED) is 0.762. The first-order valence-corrected chi connectivity index (χ1v) is 6.72. The van der Waals surface area contributed by atoms with Crippen molar-refractivity contribution in [1.29, 1.82) is 0 Å². The second-order valence-electron chi connectivity index (χ2n) is 2.71. The molecule has 0 aliphatic rings. The molecule has 0 saturated carbocycles. The minimum atomic E-state index is -3.38. The monoisotopic (exact) mass is 254 g/mol. The summed E-state index contributed by atoms with van der Waals surface area (Å²) in [5.74, 6) is 0.285. The lowest BCUT2D eigenvalue weighted by atomic mass is 10.8. The van der Waals surface area contributed by atoms with Crippen LogP contribution in [0.1, 0.15) is 5.01 Å². The number of thiazole rings is 1. The van der Waals surface area contributed by atoms with Crippen LogP contribution < -0.4 is 0 Å². The van der Waals surface area contributed by atoms with Crippen LogP contribution in [-0.2, 0) is 10.0 Å². The van der Waals surface area contributed by atoms with Gasteiger partial charge in [0.1, 0.15) is 0 Å². The van der Waals surface area contributed by atoms with E-state index in [1.807, 2.05) is 0 Å². The highest BCUT2D eigenvalue weighted by atomic mass is 35.5. The number of sulfonamides is 1. The topological polar surface area (TPSA) is 50.3 Å². The molecule has 7 heteroatoms. The van der Waals surface area contributed by atoms with E-state index in [0.717, 1.165) is 5.01 Å².